The number of hydrogen-bond donors (Lipinski definition) is 0. The van der Waals surface area contributed by atoms with Crippen molar-refractivity contribution in [1.29, 1.82) is 0 Å². The molecule has 0 atom stereocenters. The minimum Gasteiger partial charge on any atom is -0.395 e. The molecular formula is C6H4N2O2S. The summed E-state index contributed by atoms with van der Waals surface area (Å²) < 4.78 is 4.77. The lowest BCUT2D eigenvalue weighted by Crippen LogP contribution is -2.04. The van der Waals surface area contributed by atoms with Crippen molar-refractivity contribution in [3.63, 3.8) is 0 Å². The van der Waals surface area contributed by atoms with Gasteiger partial charge in [0.1, 0.15) is 5.52 Å². The van der Waals surface area contributed by atoms with Crippen LogP contribution >= 0.6 is 11.3 Å². The highest BCUT2D eigenvalue weighted by Gasteiger charge is 2.04. The summed E-state index contributed by atoms with van der Waals surface area (Å²) >= 11 is 1.30. The normalized spacial score (nSPS) is 10.6. The highest BCUT2D eigenvalue weighted by atomic mass is 32.1. The van der Waals surface area contributed by atoms with E-state index in [1.807, 2.05) is 0 Å². The number of nitrogens with zero attached hydrogens (tertiary/aromatic N) is 2. The first-order valence-corrected chi connectivity index (χ1v) is 3.86. The van der Waals surface area contributed by atoms with Gasteiger partial charge in [-0.3, -0.25) is 0 Å². The van der Waals surface area contributed by atoms with E-state index in [2.05, 4.69) is 9.97 Å². The lowest BCUT2D eigenvalue weighted by molar-refractivity contribution is 0.535. The largest absolute Gasteiger partial charge is 0.440 e. The second-order valence-electron chi connectivity index (χ2n) is 2.05. The van der Waals surface area contributed by atoms with E-state index in [1.165, 1.54) is 11.3 Å². The van der Waals surface area contributed by atoms with Gasteiger partial charge in [-0.05, 0) is 6.92 Å². The molecule has 0 unspecified atom stereocenters. The molecule has 56 valence electrons. The van der Waals surface area contributed by atoms with Gasteiger partial charge in [0, 0.05) is 0 Å². The van der Waals surface area contributed by atoms with Crippen molar-refractivity contribution < 1.29 is 4.42 Å². The number of aromatic nitrogens is 2. The summed E-state index contributed by atoms with van der Waals surface area (Å²) in [5.41, 5.74) is 2.93. The molecule has 0 aliphatic carbocycles. The average Bonchev–Trinajstić information content (AvgIpc) is 2.34. The number of fused-ring (bicyclic) bond motifs is 1. The molecule has 0 aromatic carbocycles. The molecule has 0 radical (unpaired) electrons. The number of aryl methyl sites for hydroxylation is 1. The first kappa shape index (κ1) is 6.48. The summed E-state index contributed by atoms with van der Waals surface area (Å²) in [4.78, 5) is 18.8. The van der Waals surface area contributed by atoms with E-state index in [4.69, 9.17) is 4.42 Å². The zero-order valence-corrected chi connectivity index (χ0v) is 6.51. The Labute approximate surface area is 65.5 Å². The van der Waals surface area contributed by atoms with Crippen LogP contribution in [0.25, 0.3) is 10.4 Å². The molecule has 5 heteroatoms. The molecule has 11 heavy (non-hydrogen) atoms. The van der Waals surface area contributed by atoms with E-state index < -0.39 is 5.76 Å². The zero-order valence-electron chi connectivity index (χ0n) is 5.70. The Hall–Kier alpha value is -1.23. The quantitative estimate of drug-likeness (QED) is 0.587. The van der Waals surface area contributed by atoms with Gasteiger partial charge in [-0.1, -0.05) is 11.3 Å². The van der Waals surface area contributed by atoms with Gasteiger partial charge < -0.3 is 4.42 Å². The van der Waals surface area contributed by atoms with Gasteiger partial charge in [-0.2, -0.15) is 4.98 Å². The Bertz CT molecular complexity index is 445. The molecule has 0 aliphatic heterocycles. The van der Waals surface area contributed by atoms with E-state index in [9.17, 15) is 4.79 Å². The van der Waals surface area contributed by atoms with Gasteiger partial charge in [0.15, 0.2) is 0 Å². The molecule has 0 spiro atoms. The first-order valence-electron chi connectivity index (χ1n) is 2.98. The van der Waals surface area contributed by atoms with Crippen LogP contribution in [0.5, 0.6) is 0 Å². The number of thiazole rings is 1. The molecule has 4 nitrogen and oxygen atoms in total. The van der Waals surface area contributed by atoms with Gasteiger partial charge in [-0.25, -0.2) is 9.78 Å². The van der Waals surface area contributed by atoms with Crippen LogP contribution in [-0.2, 0) is 0 Å². The van der Waals surface area contributed by atoms with E-state index in [-0.39, 0.29) is 0 Å². The molecule has 0 fully saturated rings. The summed E-state index contributed by atoms with van der Waals surface area (Å²) in [5.74, 6) is -0.556. The maximum absolute atomic E-state index is 10.7. The summed E-state index contributed by atoms with van der Waals surface area (Å²) in [6, 6.07) is 0. The first-order chi connectivity index (χ1) is 5.27. The van der Waals surface area contributed by atoms with Gasteiger partial charge in [-0.15, -0.1) is 0 Å². The van der Waals surface area contributed by atoms with E-state index >= 15 is 0 Å². The van der Waals surface area contributed by atoms with Crippen LogP contribution in [0, 0.1) is 6.92 Å². The predicted octanol–water partition coefficient (Wildman–Crippen LogP) is 0.953. The topological polar surface area (TPSA) is 56.0 Å². The Kier molecular flexibility index (Phi) is 1.25. The van der Waals surface area contributed by atoms with Gasteiger partial charge in [0.25, 0.3) is 0 Å². The van der Waals surface area contributed by atoms with Crippen molar-refractivity contribution in [2.75, 3.05) is 0 Å². The maximum Gasteiger partial charge on any atom is 0.440 e. The Morgan fingerprint density at radius 1 is 1.64 bits per heavy atom. The lowest BCUT2D eigenvalue weighted by atomic mass is 10.4. The summed E-state index contributed by atoms with van der Waals surface area (Å²) in [7, 11) is 0. The second-order valence-corrected chi connectivity index (χ2v) is 2.87. The third kappa shape index (κ3) is 0.932. The summed E-state index contributed by atoms with van der Waals surface area (Å²) in [5, 5.41) is 0. The minimum atomic E-state index is -0.556. The summed E-state index contributed by atoms with van der Waals surface area (Å²) in [6.45, 7) is 1.74. The second kappa shape index (κ2) is 2.13. The van der Waals surface area contributed by atoms with Crippen LogP contribution in [0.3, 0.4) is 0 Å². The van der Waals surface area contributed by atoms with Gasteiger partial charge in [0.05, 0.1) is 11.2 Å². The Morgan fingerprint density at radius 3 is 3.27 bits per heavy atom. The fraction of sp³-hybridized carbons (Fsp3) is 0.167. The average molecular weight is 168 g/mol. The molecule has 0 bridgehead atoms. The Morgan fingerprint density at radius 2 is 2.45 bits per heavy atom. The molecule has 0 saturated heterocycles. The van der Waals surface area contributed by atoms with Crippen LogP contribution in [0.4, 0.5) is 0 Å². The Balaban J connectivity index is 3.02. The molecule has 2 aromatic heterocycles. The number of rotatable bonds is 0. The van der Waals surface area contributed by atoms with Gasteiger partial charge in [0.2, 0.25) is 4.90 Å². The zero-order chi connectivity index (χ0) is 7.84. The fourth-order valence-corrected chi connectivity index (χ4v) is 1.53. The lowest BCUT2D eigenvalue weighted by Gasteiger charge is -1.87. The van der Waals surface area contributed by atoms with Crippen LogP contribution in [0.15, 0.2) is 14.7 Å². The highest BCUT2D eigenvalue weighted by Crippen LogP contribution is 2.16. The molecule has 0 N–H and O–H groups in total. The molecule has 0 saturated carbocycles. The van der Waals surface area contributed by atoms with E-state index in [1.54, 1.807) is 12.4 Å². The standard InChI is InChI=1S/C6H4N2O2S/c1-3-4-5(11-2-7-4)10-6(9)8-3/h2H,1H3. The number of hydrogen-bond acceptors (Lipinski definition) is 5. The molecule has 2 heterocycles. The van der Waals surface area contributed by atoms with Crippen molar-refractivity contribution in [3.8, 4) is 0 Å². The van der Waals surface area contributed by atoms with Crippen LogP contribution in [0.2, 0.25) is 0 Å². The van der Waals surface area contributed by atoms with E-state index in [0.717, 1.165) is 0 Å². The van der Waals surface area contributed by atoms with Crippen molar-refractivity contribution in [3.05, 3.63) is 21.8 Å². The SMILES string of the molecule is Cc1nc(=O)oc2scnc12. The molecule has 0 aliphatic rings. The van der Waals surface area contributed by atoms with Crippen molar-refractivity contribution in [2.24, 2.45) is 0 Å². The van der Waals surface area contributed by atoms with Crippen LogP contribution in [0.1, 0.15) is 5.69 Å². The third-order valence-corrected chi connectivity index (χ3v) is 2.02. The van der Waals surface area contributed by atoms with Crippen molar-refractivity contribution in [2.45, 2.75) is 6.92 Å². The van der Waals surface area contributed by atoms with Crippen molar-refractivity contribution in [1.82, 2.24) is 9.97 Å². The molecule has 0 amide bonds. The molecule has 2 aromatic rings. The third-order valence-electron chi connectivity index (χ3n) is 1.32. The molecular weight excluding hydrogens is 164 g/mol. The predicted molar refractivity (Wildman–Crippen MR) is 40.7 cm³/mol. The minimum absolute atomic E-state index is 0.544. The smallest absolute Gasteiger partial charge is 0.395 e. The monoisotopic (exact) mass is 168 g/mol. The van der Waals surface area contributed by atoms with E-state index in [0.29, 0.717) is 16.1 Å². The molecule has 2 rings (SSSR count). The van der Waals surface area contributed by atoms with Gasteiger partial charge >= 0.3 is 5.76 Å². The fourth-order valence-electron chi connectivity index (χ4n) is 0.841. The summed E-state index contributed by atoms with van der Waals surface area (Å²) in [6.07, 6.45) is 0. The van der Waals surface area contributed by atoms with Crippen LogP contribution < -0.4 is 5.76 Å². The van der Waals surface area contributed by atoms with Crippen molar-refractivity contribution >= 4 is 21.8 Å². The maximum atomic E-state index is 10.7. The van der Waals surface area contributed by atoms with Crippen LogP contribution in [-0.4, -0.2) is 9.97 Å². The highest BCUT2D eigenvalue weighted by molar-refractivity contribution is 7.16.